The quantitative estimate of drug-likeness (QED) is 0.224. The molecule has 2 N–H and O–H groups in total. The van der Waals surface area contributed by atoms with E-state index in [0.717, 1.165) is 29.2 Å². The first kappa shape index (κ1) is 30.9. The largest absolute Gasteiger partial charge is 0.768 e. The van der Waals surface area contributed by atoms with Crippen LogP contribution in [0.5, 0.6) is 5.75 Å². The number of nitrogens with one attached hydrogen (secondary N) is 1. The molecule has 1 unspecified atom stereocenters. The topological polar surface area (TPSA) is 84.9 Å². The van der Waals surface area contributed by atoms with E-state index in [1.54, 1.807) is 30.3 Å². The fraction of sp³-hybridized carbons (Fsp3) is 0.394. The lowest BCUT2D eigenvalue weighted by Crippen LogP contribution is -2.44. The van der Waals surface area contributed by atoms with E-state index in [0.29, 0.717) is 24.4 Å². The van der Waals surface area contributed by atoms with Crippen LogP contribution in [0.2, 0.25) is 0 Å². The minimum absolute atomic E-state index is 0.0381. The average Bonchev–Trinajstić information content (AvgIpc) is 3.78. The predicted octanol–water partition coefficient (Wildman–Crippen LogP) is 4.83. The molecule has 3 aromatic carbocycles. The van der Waals surface area contributed by atoms with E-state index in [1.165, 1.54) is 25.0 Å². The van der Waals surface area contributed by atoms with E-state index in [9.17, 15) is 18.3 Å². The molecule has 0 radical (unpaired) electrons. The Morgan fingerprint density at radius 3 is 2.44 bits per heavy atom. The predicted molar refractivity (Wildman–Crippen MR) is 160 cm³/mol. The average molecular weight is 578 g/mol. The lowest BCUT2D eigenvalue weighted by Gasteiger charge is -2.31. The highest BCUT2D eigenvalue weighted by molar-refractivity contribution is 7.79. The van der Waals surface area contributed by atoms with Crippen LogP contribution < -0.4 is 10.1 Å². The Labute approximate surface area is 245 Å². The second kappa shape index (κ2) is 14.7. The number of hydrogen-bond acceptors (Lipinski definition) is 6. The second-order valence-corrected chi connectivity index (χ2v) is 11.9. The Kier molecular flexibility index (Phi) is 11.1. The molecule has 41 heavy (non-hydrogen) atoms. The summed E-state index contributed by atoms with van der Waals surface area (Å²) >= 11 is -2.47. The number of rotatable bonds is 13. The third-order valence-electron chi connectivity index (χ3n) is 7.25. The molecule has 1 aliphatic rings. The van der Waals surface area contributed by atoms with Gasteiger partial charge in [0.15, 0.2) is 0 Å². The highest BCUT2D eigenvalue weighted by atomic mass is 32.2. The van der Waals surface area contributed by atoms with Crippen molar-refractivity contribution in [1.29, 1.82) is 0 Å². The lowest BCUT2D eigenvalue weighted by atomic mass is 10.0. The molecule has 0 aliphatic heterocycles. The molecule has 6 nitrogen and oxygen atoms in total. The zero-order valence-corrected chi connectivity index (χ0v) is 24.6. The number of nitrogens with zero attached hydrogens (tertiary/aromatic N) is 1. The van der Waals surface area contributed by atoms with E-state index >= 15 is 0 Å². The SMILES string of the molecule is C[C@@H](CO)NC[C@H](C)[C@H](CN(C)CC1CC1)Oc1cc(-c2ccc(C#Cc3cccc(F)c3)cc2)ccc1S(=O)[O-]. The Bertz CT molecular complexity index is 1380. The van der Waals surface area contributed by atoms with Gasteiger partial charge in [-0.15, -0.1) is 0 Å². The highest BCUT2D eigenvalue weighted by Crippen LogP contribution is 2.32. The molecule has 0 saturated heterocycles. The molecule has 4 atom stereocenters. The maximum atomic E-state index is 13.4. The van der Waals surface area contributed by atoms with Gasteiger partial charge in [-0.05, 0) is 97.4 Å². The first-order valence-corrected chi connectivity index (χ1v) is 15.1. The van der Waals surface area contributed by atoms with Crippen LogP contribution in [0.1, 0.15) is 37.8 Å². The third kappa shape index (κ3) is 9.49. The van der Waals surface area contributed by atoms with Crippen LogP contribution in [-0.2, 0) is 11.1 Å². The number of aliphatic hydroxyl groups excluding tert-OH is 1. The summed E-state index contributed by atoms with van der Waals surface area (Å²) in [5.74, 6) is 6.79. The summed E-state index contributed by atoms with van der Waals surface area (Å²) in [7, 11) is 2.08. The van der Waals surface area contributed by atoms with Crippen molar-refractivity contribution in [2.75, 3.05) is 33.3 Å². The van der Waals surface area contributed by atoms with Gasteiger partial charge < -0.3 is 24.6 Å². The van der Waals surface area contributed by atoms with Gasteiger partial charge in [0.25, 0.3) is 0 Å². The Balaban J connectivity index is 1.55. The first-order valence-electron chi connectivity index (χ1n) is 14.0. The number of ether oxygens (including phenoxy) is 1. The second-order valence-electron chi connectivity index (χ2n) is 11.0. The molecule has 3 aromatic rings. The van der Waals surface area contributed by atoms with Crippen LogP contribution in [0.25, 0.3) is 11.1 Å². The number of hydrogen-bond donors (Lipinski definition) is 2. The Morgan fingerprint density at radius 1 is 1.07 bits per heavy atom. The normalized spacial score (nSPS) is 16.0. The molecule has 8 heteroatoms. The van der Waals surface area contributed by atoms with Crippen molar-refractivity contribution in [2.45, 2.75) is 43.7 Å². The minimum atomic E-state index is -2.47. The van der Waals surface area contributed by atoms with Crippen molar-refractivity contribution in [3.05, 3.63) is 83.7 Å². The van der Waals surface area contributed by atoms with Crippen LogP contribution in [0, 0.1) is 29.5 Å². The minimum Gasteiger partial charge on any atom is -0.768 e. The van der Waals surface area contributed by atoms with E-state index in [4.69, 9.17) is 4.74 Å². The van der Waals surface area contributed by atoms with E-state index < -0.39 is 11.1 Å². The summed E-state index contributed by atoms with van der Waals surface area (Å²) < 4.78 is 44.2. The van der Waals surface area contributed by atoms with Crippen LogP contribution in [0.3, 0.4) is 0 Å². The van der Waals surface area contributed by atoms with Gasteiger partial charge >= 0.3 is 0 Å². The lowest BCUT2D eigenvalue weighted by molar-refractivity contribution is 0.0933. The van der Waals surface area contributed by atoms with Crippen molar-refractivity contribution in [2.24, 2.45) is 11.8 Å². The zero-order chi connectivity index (χ0) is 29.4. The van der Waals surface area contributed by atoms with Crippen LogP contribution in [0.15, 0.2) is 71.6 Å². The van der Waals surface area contributed by atoms with Gasteiger partial charge in [-0.3, -0.25) is 4.21 Å². The third-order valence-corrected chi connectivity index (χ3v) is 7.95. The monoisotopic (exact) mass is 577 g/mol. The molecule has 218 valence electrons. The molecule has 4 rings (SSSR count). The van der Waals surface area contributed by atoms with Gasteiger partial charge in [0.05, 0.1) is 11.5 Å². The van der Waals surface area contributed by atoms with E-state index in [1.807, 2.05) is 31.2 Å². The summed E-state index contributed by atoms with van der Waals surface area (Å²) in [6, 6.07) is 18.9. The Hall–Kier alpha value is -3.06. The zero-order valence-electron chi connectivity index (χ0n) is 23.8. The maximum absolute atomic E-state index is 13.4. The smallest absolute Gasteiger partial charge is 0.135 e. The number of halogens is 1. The van der Waals surface area contributed by atoms with Gasteiger partial charge in [-0.25, -0.2) is 4.39 Å². The highest BCUT2D eigenvalue weighted by Gasteiger charge is 2.27. The van der Waals surface area contributed by atoms with Crippen molar-refractivity contribution in [3.8, 4) is 28.7 Å². The van der Waals surface area contributed by atoms with Gasteiger partial charge in [-0.1, -0.05) is 43.0 Å². The molecule has 1 aliphatic carbocycles. The summed E-state index contributed by atoms with van der Waals surface area (Å²) in [6.07, 6.45) is 2.23. The van der Waals surface area contributed by atoms with Gasteiger partial charge in [0, 0.05) is 42.7 Å². The van der Waals surface area contributed by atoms with Crippen LogP contribution in [0.4, 0.5) is 4.39 Å². The van der Waals surface area contributed by atoms with Gasteiger partial charge in [0.2, 0.25) is 0 Å². The van der Waals surface area contributed by atoms with Crippen molar-refractivity contribution >= 4 is 11.1 Å². The molecule has 1 saturated carbocycles. The van der Waals surface area contributed by atoms with E-state index in [-0.39, 0.29) is 35.4 Å². The molecule has 1 fully saturated rings. The standard InChI is InChI=1S/C33H39FN2O4S/c1-23(19-35-24(2)22-37)32(21-36(3)20-27-9-10-27)40-31-18-29(15-16-33(31)41(38)39)28-13-11-25(12-14-28)7-8-26-5-4-6-30(34)17-26/h4-6,11-18,23-24,27,32,35,37H,9-10,19-22H2,1-3H3,(H,38,39)/p-1/t23-,24-,32-/m0/s1. The fourth-order valence-electron chi connectivity index (χ4n) is 4.58. The maximum Gasteiger partial charge on any atom is 0.135 e. The molecular formula is C33H38FN2O4S-. The molecule has 0 bridgehead atoms. The summed E-state index contributed by atoms with van der Waals surface area (Å²) in [5, 5.41) is 12.8. The summed E-state index contributed by atoms with van der Waals surface area (Å²) in [4.78, 5) is 2.38. The van der Waals surface area contributed by atoms with Gasteiger partial charge in [-0.2, -0.15) is 0 Å². The fourth-order valence-corrected chi connectivity index (χ4v) is 5.03. The van der Waals surface area contributed by atoms with Crippen molar-refractivity contribution < 1.29 is 23.0 Å². The van der Waals surface area contributed by atoms with Gasteiger partial charge in [0.1, 0.15) is 17.7 Å². The Morgan fingerprint density at radius 2 is 1.78 bits per heavy atom. The molecule has 0 amide bonds. The molecule has 0 spiro atoms. The number of aliphatic hydroxyl groups is 1. The summed E-state index contributed by atoms with van der Waals surface area (Å²) in [5.41, 5.74) is 3.10. The van der Waals surface area contributed by atoms with Crippen LogP contribution >= 0.6 is 0 Å². The first-order chi connectivity index (χ1) is 19.7. The number of likely N-dealkylation sites (N-methyl/N-ethyl adjacent to an activating group) is 1. The molecular weight excluding hydrogens is 539 g/mol. The van der Waals surface area contributed by atoms with E-state index in [2.05, 4.69) is 36.0 Å². The summed E-state index contributed by atoms with van der Waals surface area (Å²) in [6.45, 7) is 6.30. The van der Waals surface area contributed by atoms with Crippen molar-refractivity contribution in [3.63, 3.8) is 0 Å². The van der Waals surface area contributed by atoms with Crippen molar-refractivity contribution in [1.82, 2.24) is 10.2 Å². The van der Waals surface area contributed by atoms with Crippen LogP contribution in [-0.4, -0.2) is 64.2 Å². The molecule has 0 heterocycles. The number of benzene rings is 3. The molecule has 0 aromatic heterocycles.